The van der Waals surface area contributed by atoms with E-state index in [1.165, 1.54) is 25.3 Å². The lowest BCUT2D eigenvalue weighted by Crippen LogP contribution is -2.45. The Hall–Kier alpha value is -2.40. The van der Waals surface area contributed by atoms with Crippen LogP contribution in [0.1, 0.15) is 37.0 Å². The Morgan fingerprint density at radius 2 is 1.88 bits per heavy atom. The summed E-state index contributed by atoms with van der Waals surface area (Å²) in [4.78, 5) is 11.9. The molecule has 0 bridgehead atoms. The molecule has 0 radical (unpaired) electrons. The maximum atomic E-state index is 13.8. The van der Waals surface area contributed by atoms with E-state index in [1.54, 1.807) is 19.9 Å². The average molecular weight is 360 g/mol. The molecule has 2 aromatic carbocycles. The number of carbonyl (C=O) groups is 1. The Kier molecular flexibility index (Phi) is 5.71. The van der Waals surface area contributed by atoms with Gasteiger partial charge in [0.05, 0.1) is 7.11 Å². The molecule has 5 heteroatoms. The first-order valence-corrected chi connectivity index (χ1v) is 8.43. The third kappa shape index (κ3) is 4.41. The first-order chi connectivity index (χ1) is 12.1. The molecule has 0 aliphatic carbocycles. The van der Waals surface area contributed by atoms with Crippen molar-refractivity contribution in [3.63, 3.8) is 0 Å². The zero-order chi connectivity index (χ0) is 19.5. The van der Waals surface area contributed by atoms with Crippen LogP contribution in [0.3, 0.4) is 0 Å². The summed E-state index contributed by atoms with van der Waals surface area (Å²) in [6.07, 6.45) is -0.131. The molecule has 0 aliphatic rings. The van der Waals surface area contributed by atoms with Crippen LogP contribution >= 0.6 is 0 Å². The highest BCUT2D eigenvalue weighted by Crippen LogP contribution is 2.39. The average Bonchev–Trinajstić information content (AvgIpc) is 2.54. The van der Waals surface area contributed by atoms with Gasteiger partial charge in [0.1, 0.15) is 11.6 Å². The molecule has 0 fully saturated rings. The lowest BCUT2D eigenvalue weighted by molar-refractivity contribution is -0.160. The van der Waals surface area contributed by atoms with Gasteiger partial charge in [0.2, 0.25) is 0 Å². The molecule has 0 saturated heterocycles. The fraction of sp³-hybridized carbons (Fsp3) is 0.381. The fourth-order valence-electron chi connectivity index (χ4n) is 3.41. The molecule has 0 aliphatic heterocycles. The monoisotopic (exact) mass is 360 g/mol. The van der Waals surface area contributed by atoms with Crippen LogP contribution in [0.5, 0.6) is 5.75 Å². The third-order valence-corrected chi connectivity index (χ3v) is 4.60. The predicted octanol–water partition coefficient (Wildman–Crippen LogP) is 3.87. The van der Waals surface area contributed by atoms with Crippen LogP contribution in [0.4, 0.5) is 4.39 Å². The fourth-order valence-corrected chi connectivity index (χ4v) is 3.41. The molecule has 4 nitrogen and oxygen atoms in total. The van der Waals surface area contributed by atoms with Gasteiger partial charge in [-0.2, -0.15) is 0 Å². The van der Waals surface area contributed by atoms with Crippen LogP contribution in [0, 0.1) is 12.7 Å². The number of halogens is 1. The van der Waals surface area contributed by atoms with Gasteiger partial charge in [0, 0.05) is 12.0 Å². The SMILES string of the molecule is COc1ccc(F)cc1C(C)(C)CC(O)(Cc1cccc(C)c1)C(=O)O. The number of hydrogen-bond donors (Lipinski definition) is 2. The number of aliphatic carboxylic acids is 1. The minimum atomic E-state index is -1.99. The van der Waals surface area contributed by atoms with E-state index in [0.717, 1.165) is 11.1 Å². The lowest BCUT2D eigenvalue weighted by atomic mass is 9.73. The number of methoxy groups -OCH3 is 1. The summed E-state index contributed by atoms with van der Waals surface area (Å²) in [6.45, 7) is 5.45. The van der Waals surface area contributed by atoms with Crippen molar-refractivity contribution in [2.45, 2.75) is 44.6 Å². The summed E-state index contributed by atoms with van der Waals surface area (Å²) in [5.74, 6) is -1.28. The second-order valence-electron chi connectivity index (χ2n) is 7.41. The van der Waals surface area contributed by atoms with Gasteiger partial charge >= 0.3 is 5.97 Å². The third-order valence-electron chi connectivity index (χ3n) is 4.60. The van der Waals surface area contributed by atoms with E-state index in [0.29, 0.717) is 11.3 Å². The Morgan fingerprint density at radius 1 is 1.19 bits per heavy atom. The van der Waals surface area contributed by atoms with Crippen molar-refractivity contribution < 1.29 is 24.1 Å². The van der Waals surface area contributed by atoms with Gasteiger partial charge in [-0.15, -0.1) is 0 Å². The molecule has 2 aromatic rings. The zero-order valence-corrected chi connectivity index (χ0v) is 15.5. The smallest absolute Gasteiger partial charge is 0.336 e. The van der Waals surface area contributed by atoms with E-state index < -0.39 is 22.8 Å². The Labute approximate surface area is 153 Å². The molecule has 0 saturated carbocycles. The van der Waals surface area contributed by atoms with Crippen molar-refractivity contribution in [3.05, 3.63) is 65.0 Å². The number of carboxylic acid groups (broad SMARTS) is 1. The second kappa shape index (κ2) is 7.46. The van der Waals surface area contributed by atoms with E-state index in [2.05, 4.69) is 0 Å². The number of aryl methyl sites for hydroxylation is 1. The summed E-state index contributed by atoms with van der Waals surface area (Å²) < 4.78 is 19.1. The number of aliphatic hydroxyl groups is 1. The highest BCUT2D eigenvalue weighted by molar-refractivity contribution is 5.78. The van der Waals surface area contributed by atoms with Crippen molar-refractivity contribution in [2.24, 2.45) is 0 Å². The molecule has 1 atom stereocenters. The van der Waals surface area contributed by atoms with Crippen LogP contribution in [0.15, 0.2) is 42.5 Å². The Morgan fingerprint density at radius 3 is 2.46 bits per heavy atom. The molecule has 0 heterocycles. The van der Waals surface area contributed by atoms with Gasteiger partial charge in [0.15, 0.2) is 5.60 Å². The van der Waals surface area contributed by atoms with E-state index in [4.69, 9.17) is 4.74 Å². The van der Waals surface area contributed by atoms with Crippen molar-refractivity contribution in [1.29, 1.82) is 0 Å². The maximum Gasteiger partial charge on any atom is 0.336 e. The van der Waals surface area contributed by atoms with Crippen LogP contribution in [0.2, 0.25) is 0 Å². The van der Waals surface area contributed by atoms with Gasteiger partial charge in [-0.3, -0.25) is 0 Å². The van der Waals surface area contributed by atoms with Gasteiger partial charge in [-0.1, -0.05) is 43.7 Å². The lowest BCUT2D eigenvalue weighted by Gasteiger charge is -2.35. The van der Waals surface area contributed by atoms with Crippen molar-refractivity contribution >= 4 is 5.97 Å². The second-order valence-corrected chi connectivity index (χ2v) is 7.41. The Bertz CT molecular complexity index is 800. The van der Waals surface area contributed by atoms with E-state index in [9.17, 15) is 19.4 Å². The minimum Gasteiger partial charge on any atom is -0.496 e. The molecule has 0 aromatic heterocycles. The predicted molar refractivity (Wildman–Crippen MR) is 98.1 cm³/mol. The number of carboxylic acids is 1. The van der Waals surface area contributed by atoms with E-state index >= 15 is 0 Å². The van der Waals surface area contributed by atoms with Crippen LogP contribution in [-0.2, 0) is 16.6 Å². The highest BCUT2D eigenvalue weighted by Gasteiger charge is 2.43. The number of benzene rings is 2. The normalized spacial score (nSPS) is 13.9. The van der Waals surface area contributed by atoms with Crippen LogP contribution < -0.4 is 4.74 Å². The van der Waals surface area contributed by atoms with E-state index in [1.807, 2.05) is 25.1 Å². The van der Waals surface area contributed by atoms with Gasteiger partial charge in [-0.05, 0) is 42.5 Å². The van der Waals surface area contributed by atoms with Gasteiger partial charge < -0.3 is 14.9 Å². The van der Waals surface area contributed by atoms with Crippen molar-refractivity contribution in [3.8, 4) is 5.75 Å². The standard InChI is InChI=1S/C21H25FO4/c1-14-6-5-7-15(10-14)12-21(25,19(23)24)13-20(2,3)17-11-16(22)8-9-18(17)26-4/h5-11,25H,12-13H2,1-4H3,(H,23,24). The first-order valence-electron chi connectivity index (χ1n) is 8.43. The molecule has 2 rings (SSSR count). The maximum absolute atomic E-state index is 13.8. The van der Waals surface area contributed by atoms with Gasteiger partial charge in [0.25, 0.3) is 0 Å². The molecule has 2 N–H and O–H groups in total. The zero-order valence-electron chi connectivity index (χ0n) is 15.5. The molecular weight excluding hydrogens is 335 g/mol. The molecule has 0 spiro atoms. The quantitative estimate of drug-likeness (QED) is 0.787. The van der Waals surface area contributed by atoms with Gasteiger partial charge in [-0.25, -0.2) is 9.18 Å². The number of ether oxygens (including phenoxy) is 1. The summed E-state index contributed by atoms with van der Waals surface area (Å²) in [5, 5.41) is 20.6. The molecule has 26 heavy (non-hydrogen) atoms. The topological polar surface area (TPSA) is 66.8 Å². The summed E-state index contributed by atoms with van der Waals surface area (Å²) in [6, 6.07) is 11.5. The molecular formula is C21H25FO4. The number of rotatable bonds is 7. The molecule has 140 valence electrons. The van der Waals surface area contributed by atoms with Crippen LogP contribution in [0.25, 0.3) is 0 Å². The minimum absolute atomic E-state index is 0.0366. The highest BCUT2D eigenvalue weighted by atomic mass is 19.1. The Balaban J connectivity index is 2.39. The molecule has 1 unspecified atom stereocenters. The van der Waals surface area contributed by atoms with Crippen molar-refractivity contribution in [2.75, 3.05) is 7.11 Å². The number of hydrogen-bond acceptors (Lipinski definition) is 3. The first kappa shape index (κ1) is 19.9. The van der Waals surface area contributed by atoms with Crippen LogP contribution in [-0.4, -0.2) is 28.9 Å². The largest absolute Gasteiger partial charge is 0.496 e. The van der Waals surface area contributed by atoms with E-state index in [-0.39, 0.29) is 12.8 Å². The summed E-state index contributed by atoms with van der Waals surface area (Å²) in [5.41, 5.74) is -0.582. The molecule has 0 amide bonds. The summed E-state index contributed by atoms with van der Waals surface area (Å²) in [7, 11) is 1.48. The van der Waals surface area contributed by atoms with Crippen molar-refractivity contribution in [1.82, 2.24) is 0 Å². The summed E-state index contributed by atoms with van der Waals surface area (Å²) >= 11 is 0.